The van der Waals surface area contributed by atoms with Crippen molar-refractivity contribution in [3.05, 3.63) is 48.5 Å². The Morgan fingerprint density at radius 2 is 2.04 bits per heavy atom. The highest BCUT2D eigenvalue weighted by Gasteiger charge is 2.21. The monoisotopic (exact) mass is 395 g/mol. The number of H-pyrrole nitrogens is 1. The molecule has 9 heteroatoms. The molecule has 0 bridgehead atoms. The van der Waals surface area contributed by atoms with E-state index in [0.29, 0.717) is 29.8 Å². The molecule has 1 aliphatic rings. The first kappa shape index (κ1) is 16.9. The van der Waals surface area contributed by atoms with Crippen molar-refractivity contribution in [2.75, 3.05) is 18.9 Å². The van der Waals surface area contributed by atoms with Gasteiger partial charge in [-0.2, -0.15) is 0 Å². The van der Waals surface area contributed by atoms with Crippen LogP contribution in [0.5, 0.6) is 11.5 Å². The van der Waals surface area contributed by atoms with Crippen LogP contribution in [0.4, 0.5) is 0 Å². The molecule has 4 aromatic rings. The average molecular weight is 395 g/mol. The summed E-state index contributed by atoms with van der Waals surface area (Å²) in [7, 11) is 0. The molecule has 1 amide bonds. The highest BCUT2D eigenvalue weighted by molar-refractivity contribution is 7.99. The van der Waals surface area contributed by atoms with E-state index in [1.54, 1.807) is 0 Å². The molecule has 0 saturated carbocycles. The van der Waals surface area contributed by atoms with E-state index in [-0.39, 0.29) is 17.8 Å². The minimum absolute atomic E-state index is 0.0898. The number of rotatable bonds is 5. The van der Waals surface area contributed by atoms with Crippen molar-refractivity contribution in [3.8, 4) is 11.5 Å². The molecule has 0 radical (unpaired) electrons. The lowest BCUT2D eigenvalue weighted by Crippen LogP contribution is -2.41. The first-order valence-electron chi connectivity index (χ1n) is 8.87. The third-order valence-electron chi connectivity index (χ3n) is 4.43. The molecular formula is C19H17N5O3S. The van der Waals surface area contributed by atoms with E-state index in [0.717, 1.165) is 16.8 Å². The summed E-state index contributed by atoms with van der Waals surface area (Å²) >= 11 is 1.36. The molecule has 142 valence electrons. The quantitative estimate of drug-likeness (QED) is 0.504. The predicted molar refractivity (Wildman–Crippen MR) is 105 cm³/mol. The van der Waals surface area contributed by atoms with Crippen molar-refractivity contribution >= 4 is 34.5 Å². The Bertz CT molecular complexity index is 1150. The predicted octanol–water partition coefficient (Wildman–Crippen LogP) is 2.26. The second kappa shape index (κ2) is 7.08. The standard InChI is InChI=1S/C19H17N5O3S/c25-17(20-9-12-10-26-15-7-3-4-8-16(15)27-12)11-28-19-23-22-18-21-13-5-1-2-6-14(13)24(18)19/h1-8,12H,9-11H2,(H,20,25)(H,21,22). The Morgan fingerprint density at radius 3 is 2.96 bits per heavy atom. The van der Waals surface area contributed by atoms with Gasteiger partial charge in [0.15, 0.2) is 16.7 Å². The lowest BCUT2D eigenvalue weighted by molar-refractivity contribution is -0.119. The molecule has 1 aliphatic heterocycles. The molecule has 8 nitrogen and oxygen atoms in total. The highest BCUT2D eigenvalue weighted by Crippen LogP contribution is 2.30. The summed E-state index contributed by atoms with van der Waals surface area (Å²) in [6.07, 6.45) is -0.210. The normalized spacial score (nSPS) is 15.8. The lowest BCUT2D eigenvalue weighted by Gasteiger charge is -2.26. The van der Waals surface area contributed by atoms with Crippen LogP contribution < -0.4 is 14.8 Å². The van der Waals surface area contributed by atoms with E-state index < -0.39 is 0 Å². The second-order valence-corrected chi connectivity index (χ2v) is 7.30. The summed E-state index contributed by atoms with van der Waals surface area (Å²) < 4.78 is 13.4. The molecule has 0 fully saturated rings. The smallest absolute Gasteiger partial charge is 0.231 e. The Morgan fingerprint density at radius 1 is 1.21 bits per heavy atom. The number of hydrogen-bond donors (Lipinski definition) is 2. The second-order valence-electron chi connectivity index (χ2n) is 6.36. The van der Waals surface area contributed by atoms with Crippen LogP contribution in [0.2, 0.25) is 0 Å². The number of fused-ring (bicyclic) bond motifs is 4. The lowest BCUT2D eigenvalue weighted by atomic mass is 10.2. The number of ether oxygens (including phenoxy) is 2. The maximum atomic E-state index is 12.3. The van der Waals surface area contributed by atoms with E-state index in [1.807, 2.05) is 52.9 Å². The molecule has 2 N–H and O–H groups in total. The van der Waals surface area contributed by atoms with Crippen molar-refractivity contribution < 1.29 is 14.3 Å². The Kier molecular flexibility index (Phi) is 4.28. The maximum absolute atomic E-state index is 12.3. The van der Waals surface area contributed by atoms with Crippen LogP contribution in [0, 0.1) is 0 Å². The maximum Gasteiger partial charge on any atom is 0.231 e. The van der Waals surface area contributed by atoms with Gasteiger partial charge in [0.2, 0.25) is 11.7 Å². The first-order chi connectivity index (χ1) is 13.8. The number of aromatic amines is 1. The van der Waals surface area contributed by atoms with Crippen molar-refractivity contribution in [2.45, 2.75) is 11.3 Å². The van der Waals surface area contributed by atoms with E-state index in [2.05, 4.69) is 20.5 Å². The van der Waals surface area contributed by atoms with Crippen LogP contribution >= 0.6 is 11.8 Å². The molecule has 3 heterocycles. The first-order valence-corrected chi connectivity index (χ1v) is 9.86. The summed E-state index contributed by atoms with van der Waals surface area (Å²) in [5.41, 5.74) is 1.85. The fourth-order valence-corrected chi connectivity index (χ4v) is 3.90. The molecule has 2 aromatic heterocycles. The number of thioether (sulfide) groups is 1. The van der Waals surface area contributed by atoms with E-state index in [9.17, 15) is 4.79 Å². The van der Waals surface area contributed by atoms with Gasteiger partial charge in [-0.05, 0) is 24.3 Å². The Hall–Kier alpha value is -3.20. The SMILES string of the molecule is O=C(CSc1n[nH]c2nc3ccccc3n12)NCC1COc2ccccc2O1. The van der Waals surface area contributed by atoms with Crippen LogP contribution in [0.3, 0.4) is 0 Å². The number of nitrogens with one attached hydrogen (secondary N) is 2. The highest BCUT2D eigenvalue weighted by atomic mass is 32.2. The van der Waals surface area contributed by atoms with Gasteiger partial charge in [-0.3, -0.25) is 9.20 Å². The van der Waals surface area contributed by atoms with E-state index in [4.69, 9.17) is 9.47 Å². The van der Waals surface area contributed by atoms with Crippen molar-refractivity contribution in [1.82, 2.24) is 24.9 Å². The number of carbonyl (C=O) groups excluding carboxylic acids is 1. The number of carbonyl (C=O) groups is 1. The summed E-state index contributed by atoms with van der Waals surface area (Å²) in [5, 5.41) is 10.8. The molecule has 0 aliphatic carbocycles. The van der Waals surface area contributed by atoms with Gasteiger partial charge < -0.3 is 14.8 Å². The number of nitrogens with zero attached hydrogens (tertiary/aromatic N) is 3. The van der Waals surface area contributed by atoms with Gasteiger partial charge in [0.1, 0.15) is 12.7 Å². The number of hydrogen-bond acceptors (Lipinski definition) is 6. The van der Waals surface area contributed by atoms with Crippen molar-refractivity contribution in [1.29, 1.82) is 0 Å². The molecule has 1 unspecified atom stereocenters. The fraction of sp³-hybridized carbons (Fsp3) is 0.211. The molecule has 1 atom stereocenters. The minimum Gasteiger partial charge on any atom is -0.486 e. The zero-order valence-electron chi connectivity index (χ0n) is 14.8. The van der Waals surface area contributed by atoms with Gasteiger partial charge in [-0.1, -0.05) is 36.0 Å². The van der Waals surface area contributed by atoms with Gasteiger partial charge in [0.25, 0.3) is 0 Å². The van der Waals surface area contributed by atoms with Crippen LogP contribution in [-0.2, 0) is 4.79 Å². The Balaban J connectivity index is 1.19. The average Bonchev–Trinajstić information content (AvgIpc) is 3.30. The van der Waals surface area contributed by atoms with Crippen LogP contribution in [0.25, 0.3) is 16.8 Å². The Labute approximate surface area is 164 Å². The third kappa shape index (κ3) is 3.13. The molecule has 28 heavy (non-hydrogen) atoms. The van der Waals surface area contributed by atoms with Crippen LogP contribution in [0.1, 0.15) is 0 Å². The number of para-hydroxylation sites is 4. The molecule has 2 aromatic carbocycles. The number of amides is 1. The zero-order chi connectivity index (χ0) is 18.9. The van der Waals surface area contributed by atoms with Gasteiger partial charge >= 0.3 is 0 Å². The number of imidazole rings is 1. The number of benzene rings is 2. The molecular weight excluding hydrogens is 378 g/mol. The summed E-state index contributed by atoms with van der Waals surface area (Å²) in [5.74, 6) is 2.25. The summed E-state index contributed by atoms with van der Waals surface area (Å²) in [6, 6.07) is 15.3. The van der Waals surface area contributed by atoms with Crippen molar-refractivity contribution in [2.24, 2.45) is 0 Å². The number of aromatic nitrogens is 4. The van der Waals surface area contributed by atoms with Gasteiger partial charge in [-0.25, -0.2) is 10.1 Å². The zero-order valence-corrected chi connectivity index (χ0v) is 15.6. The third-order valence-corrected chi connectivity index (χ3v) is 5.37. The van der Waals surface area contributed by atoms with E-state index in [1.165, 1.54) is 11.8 Å². The molecule has 0 saturated heterocycles. The largest absolute Gasteiger partial charge is 0.486 e. The van der Waals surface area contributed by atoms with Crippen LogP contribution in [0.15, 0.2) is 53.7 Å². The van der Waals surface area contributed by atoms with Crippen molar-refractivity contribution in [3.63, 3.8) is 0 Å². The van der Waals surface area contributed by atoms with Gasteiger partial charge in [0.05, 0.1) is 23.3 Å². The fourth-order valence-electron chi connectivity index (χ4n) is 3.11. The minimum atomic E-state index is -0.210. The van der Waals surface area contributed by atoms with Gasteiger partial charge in [0, 0.05) is 0 Å². The molecule has 5 rings (SSSR count). The van der Waals surface area contributed by atoms with Crippen LogP contribution in [-0.4, -0.2) is 50.5 Å². The summed E-state index contributed by atoms with van der Waals surface area (Å²) in [6.45, 7) is 0.795. The topological polar surface area (TPSA) is 93.5 Å². The van der Waals surface area contributed by atoms with Gasteiger partial charge in [-0.15, -0.1) is 5.10 Å². The summed E-state index contributed by atoms with van der Waals surface area (Å²) in [4.78, 5) is 16.8. The molecule has 0 spiro atoms. The van der Waals surface area contributed by atoms with E-state index >= 15 is 0 Å².